The molecule has 7 heteroatoms. The van der Waals surface area contributed by atoms with Gasteiger partial charge in [0.25, 0.3) is 0 Å². The third-order valence-corrected chi connectivity index (χ3v) is 9.21. The van der Waals surface area contributed by atoms with Crippen molar-refractivity contribution in [1.82, 2.24) is 0 Å². The smallest absolute Gasteiger partial charge is 0.223 e. The van der Waals surface area contributed by atoms with E-state index in [1.165, 1.54) is 24.3 Å². The minimum absolute atomic E-state index is 0.0695. The van der Waals surface area contributed by atoms with Crippen molar-refractivity contribution in [3.63, 3.8) is 0 Å². The molecule has 3 N–H and O–H groups in total. The van der Waals surface area contributed by atoms with Crippen LogP contribution in [-0.4, -0.2) is 32.6 Å². The quantitative estimate of drug-likeness (QED) is 0.424. The summed E-state index contributed by atoms with van der Waals surface area (Å²) in [5.41, 5.74) is -0.532. The Kier molecular flexibility index (Phi) is 6.57. The van der Waals surface area contributed by atoms with Crippen molar-refractivity contribution in [3.8, 4) is 23.0 Å². The van der Waals surface area contributed by atoms with Crippen molar-refractivity contribution >= 4 is 0 Å². The number of aryl methyl sites for hydroxylation is 1. The van der Waals surface area contributed by atoms with Crippen LogP contribution in [-0.2, 0) is 12.8 Å². The molecule has 0 bridgehead atoms. The molecule has 3 aliphatic rings. The number of ether oxygens (including phenoxy) is 2. The molecule has 0 amide bonds. The number of aliphatic hydroxyl groups excluding tert-OH is 1. The van der Waals surface area contributed by atoms with E-state index in [2.05, 4.69) is 26.0 Å². The molecule has 5 atom stereocenters. The first-order valence-electron chi connectivity index (χ1n) is 13.7. The number of hydrogen-bond donors (Lipinski definition) is 3. The summed E-state index contributed by atoms with van der Waals surface area (Å²) < 4.78 is 13.1. The zero-order chi connectivity index (χ0) is 28.3. The fraction of sp³-hybridized carbons (Fsp3) is 0.500. The molecule has 208 valence electrons. The monoisotopic (exact) mass is 534 g/mol. The molecule has 2 aliphatic heterocycles. The standard InChI is InChI=1S/C32H38O7/c1-18-11-24(34)26(36)16-28-22(18)13-20-14-29(37)32(5)21(17-30(2,3)9-6-10-31(20,4)38-28)12-19-7-8-23(33)25(35)15-27(19)39-32/h6-9,11,15-16,20-21,29,37H,10,12-14,17H2,1-5H3,(H,33,35)(H,34,36)/b9-6+/t20-,21-,29-,31-,32-/m0/s1. The van der Waals surface area contributed by atoms with Crippen molar-refractivity contribution in [2.45, 2.75) is 84.0 Å². The SMILES string of the molecule is Cc1cc(O)c(=O)cc2c1C[C@H]1C[C@H](O)[C@@]3(C)Oc4cc(=O)c(O)ccc4C[C@H]3CC(C)(C)/C=C/C[C@]1(C)O2. The summed E-state index contributed by atoms with van der Waals surface area (Å²) in [5, 5.41) is 32.1. The number of allylic oxidation sites excluding steroid dienone is 1. The Bertz CT molecular complexity index is 1460. The molecule has 2 heterocycles. The van der Waals surface area contributed by atoms with Gasteiger partial charge in [-0.15, -0.1) is 0 Å². The van der Waals surface area contributed by atoms with E-state index in [9.17, 15) is 24.9 Å². The molecule has 5 rings (SSSR count). The van der Waals surface area contributed by atoms with E-state index in [0.717, 1.165) is 23.1 Å². The first-order valence-corrected chi connectivity index (χ1v) is 13.7. The van der Waals surface area contributed by atoms with Gasteiger partial charge in [0.1, 0.15) is 22.7 Å². The largest absolute Gasteiger partial charge is 0.504 e. The first-order chi connectivity index (χ1) is 18.2. The maximum absolute atomic E-state index is 12.4. The molecule has 1 aliphatic carbocycles. The van der Waals surface area contributed by atoms with E-state index < -0.39 is 28.2 Å². The summed E-state index contributed by atoms with van der Waals surface area (Å²) in [6.07, 6.45) is 6.28. The second-order valence-corrected chi connectivity index (χ2v) is 12.7. The van der Waals surface area contributed by atoms with Gasteiger partial charge in [-0.1, -0.05) is 32.1 Å². The average Bonchev–Trinajstić information content (AvgIpc) is 3.03. The van der Waals surface area contributed by atoms with E-state index in [-0.39, 0.29) is 28.7 Å². The zero-order valence-electron chi connectivity index (χ0n) is 23.3. The summed E-state index contributed by atoms with van der Waals surface area (Å²) in [7, 11) is 0. The molecular weight excluding hydrogens is 496 g/mol. The predicted molar refractivity (Wildman–Crippen MR) is 149 cm³/mol. The summed E-state index contributed by atoms with van der Waals surface area (Å²) in [5.74, 6) is -0.000443. The highest BCUT2D eigenvalue weighted by Crippen LogP contribution is 2.49. The molecular formula is C32H38O7. The van der Waals surface area contributed by atoms with Crippen LogP contribution in [0.5, 0.6) is 23.0 Å². The molecule has 0 saturated carbocycles. The van der Waals surface area contributed by atoms with Crippen molar-refractivity contribution in [2.75, 3.05) is 0 Å². The molecule has 7 nitrogen and oxygen atoms in total. The Balaban J connectivity index is 1.62. The normalized spacial score (nSPS) is 32.0. The number of fused-ring (bicyclic) bond motifs is 4. The van der Waals surface area contributed by atoms with Crippen LogP contribution in [0.25, 0.3) is 0 Å². The minimum Gasteiger partial charge on any atom is -0.504 e. The molecule has 39 heavy (non-hydrogen) atoms. The van der Waals surface area contributed by atoms with Crippen LogP contribution in [0.15, 0.2) is 52.1 Å². The first kappa shape index (κ1) is 27.3. The maximum atomic E-state index is 12.4. The number of hydrogen-bond acceptors (Lipinski definition) is 7. The molecule has 0 fully saturated rings. The number of aromatic hydroxyl groups is 2. The Morgan fingerprint density at radius 3 is 2.31 bits per heavy atom. The summed E-state index contributed by atoms with van der Waals surface area (Å²) >= 11 is 0. The van der Waals surface area contributed by atoms with E-state index in [0.29, 0.717) is 37.2 Å². The van der Waals surface area contributed by atoms with Crippen molar-refractivity contribution < 1.29 is 24.8 Å². The van der Waals surface area contributed by atoms with Gasteiger partial charge in [0.05, 0.1) is 6.10 Å². The molecule has 0 aromatic heterocycles. The van der Waals surface area contributed by atoms with Gasteiger partial charge in [0, 0.05) is 30.4 Å². The lowest BCUT2D eigenvalue weighted by atomic mass is 9.68. The second kappa shape index (κ2) is 9.40. The second-order valence-electron chi connectivity index (χ2n) is 12.7. The van der Waals surface area contributed by atoms with Crippen molar-refractivity contribution in [3.05, 3.63) is 79.6 Å². The summed E-state index contributed by atoms with van der Waals surface area (Å²) in [6.45, 7) is 10.1. The minimum atomic E-state index is -1.00. The Labute approximate surface area is 228 Å². The van der Waals surface area contributed by atoms with Gasteiger partial charge in [-0.3, -0.25) is 9.59 Å². The maximum Gasteiger partial charge on any atom is 0.223 e. The molecule has 2 aromatic carbocycles. The molecule has 0 radical (unpaired) electrons. The third kappa shape index (κ3) is 4.93. The van der Waals surface area contributed by atoms with E-state index in [4.69, 9.17) is 9.47 Å². The summed E-state index contributed by atoms with van der Waals surface area (Å²) in [6, 6.07) is 7.30. The molecule has 0 saturated heterocycles. The van der Waals surface area contributed by atoms with Crippen LogP contribution in [0, 0.1) is 24.2 Å². The Morgan fingerprint density at radius 2 is 1.56 bits per heavy atom. The van der Waals surface area contributed by atoms with Crippen LogP contribution in [0.2, 0.25) is 0 Å². The predicted octanol–water partition coefficient (Wildman–Crippen LogP) is 4.57. The lowest BCUT2D eigenvalue weighted by Gasteiger charge is -2.49. The highest BCUT2D eigenvalue weighted by atomic mass is 16.5. The molecule has 2 aromatic rings. The van der Waals surface area contributed by atoms with Gasteiger partial charge < -0.3 is 24.8 Å². The van der Waals surface area contributed by atoms with Gasteiger partial charge in [0.15, 0.2) is 11.5 Å². The topological polar surface area (TPSA) is 113 Å². The van der Waals surface area contributed by atoms with Crippen LogP contribution in [0.1, 0.15) is 63.6 Å². The fourth-order valence-electron chi connectivity index (χ4n) is 6.64. The zero-order valence-corrected chi connectivity index (χ0v) is 23.3. The van der Waals surface area contributed by atoms with Crippen LogP contribution >= 0.6 is 0 Å². The van der Waals surface area contributed by atoms with Gasteiger partial charge in [-0.25, -0.2) is 0 Å². The van der Waals surface area contributed by atoms with Gasteiger partial charge in [-0.05, 0) is 80.7 Å². The fourth-order valence-corrected chi connectivity index (χ4v) is 6.64. The highest BCUT2D eigenvalue weighted by Gasteiger charge is 2.51. The van der Waals surface area contributed by atoms with Crippen molar-refractivity contribution in [2.24, 2.45) is 17.3 Å². The lowest BCUT2D eigenvalue weighted by molar-refractivity contribution is -0.117. The average molecular weight is 535 g/mol. The van der Waals surface area contributed by atoms with Gasteiger partial charge in [0.2, 0.25) is 10.9 Å². The van der Waals surface area contributed by atoms with E-state index in [1.54, 1.807) is 6.07 Å². The van der Waals surface area contributed by atoms with E-state index >= 15 is 0 Å². The highest BCUT2D eigenvalue weighted by molar-refractivity contribution is 5.45. The van der Waals surface area contributed by atoms with E-state index in [1.807, 2.05) is 20.8 Å². The summed E-state index contributed by atoms with van der Waals surface area (Å²) in [4.78, 5) is 24.8. The van der Waals surface area contributed by atoms with Gasteiger partial charge in [-0.2, -0.15) is 0 Å². The number of rotatable bonds is 0. The molecule has 0 spiro atoms. The van der Waals surface area contributed by atoms with Gasteiger partial charge >= 0.3 is 0 Å². The van der Waals surface area contributed by atoms with Crippen LogP contribution in [0.3, 0.4) is 0 Å². The van der Waals surface area contributed by atoms with Crippen molar-refractivity contribution in [1.29, 1.82) is 0 Å². The molecule has 0 unspecified atom stereocenters. The van der Waals surface area contributed by atoms with Crippen LogP contribution in [0.4, 0.5) is 0 Å². The third-order valence-electron chi connectivity index (χ3n) is 9.21. The Hall–Kier alpha value is -3.32. The lowest BCUT2D eigenvalue weighted by Crippen LogP contribution is -2.57. The van der Waals surface area contributed by atoms with Crippen LogP contribution < -0.4 is 20.3 Å². The number of aliphatic hydroxyl groups is 1. The Morgan fingerprint density at radius 1 is 0.872 bits per heavy atom.